The van der Waals surface area contributed by atoms with Gasteiger partial charge in [-0.05, 0) is 0 Å². The molecule has 0 aliphatic carbocycles. The Kier molecular flexibility index (Phi) is 4.84. The highest BCUT2D eigenvalue weighted by atomic mass is 32.2. The van der Waals surface area contributed by atoms with Crippen LogP contribution in [-0.4, -0.2) is 32.4 Å². The molecule has 3 nitrogen and oxygen atoms in total. The second-order valence-electron chi connectivity index (χ2n) is 1.60. The summed E-state index contributed by atoms with van der Waals surface area (Å²) in [6, 6.07) is 0. The van der Waals surface area contributed by atoms with E-state index in [0.29, 0.717) is 0 Å². The molecular weight excluding hydrogens is 147 g/mol. The van der Waals surface area contributed by atoms with Gasteiger partial charge in [0.15, 0.2) is 11.1 Å². The fraction of sp³-hybridized carbons (Fsp3) is 1.00. The van der Waals surface area contributed by atoms with Crippen molar-refractivity contribution in [2.45, 2.75) is 12.6 Å². The van der Waals surface area contributed by atoms with Crippen LogP contribution in [-0.2, 0) is 11.1 Å². The third kappa shape index (κ3) is 5.88. The molecule has 0 fully saturated rings. The van der Waals surface area contributed by atoms with Crippen LogP contribution in [0.2, 0.25) is 0 Å². The van der Waals surface area contributed by atoms with E-state index in [1.165, 1.54) is 0 Å². The first-order chi connectivity index (χ1) is 4.16. The first-order valence-corrected chi connectivity index (χ1v) is 3.76. The molecule has 2 unspecified atom stereocenters. The maximum Gasteiger partial charge on any atom is 0.155 e. The second-order valence-corrected chi connectivity index (χ2v) is 2.57. The van der Waals surface area contributed by atoms with Crippen LogP contribution in [0.15, 0.2) is 0 Å². The molecule has 0 saturated carbocycles. The lowest BCUT2D eigenvalue weighted by atomic mass is 10.3. The third-order valence-corrected chi connectivity index (χ3v) is 1.41. The molecule has 5 heteroatoms. The zero-order valence-corrected chi connectivity index (χ0v) is 5.60. The Balaban J connectivity index is 3.26. The zero-order chi connectivity index (χ0) is 7.28. The van der Waals surface area contributed by atoms with E-state index in [1.807, 2.05) is 0 Å². The van der Waals surface area contributed by atoms with Crippen LogP contribution in [0.4, 0.5) is 4.39 Å². The van der Waals surface area contributed by atoms with Crippen LogP contribution in [0.25, 0.3) is 0 Å². The summed E-state index contributed by atoms with van der Waals surface area (Å²) in [5, 5.41) is 8.13. The predicted octanol–water partition coefficient (Wildman–Crippen LogP) is -0.0714. The summed E-state index contributed by atoms with van der Waals surface area (Å²) < 4.78 is 30.1. The van der Waals surface area contributed by atoms with Gasteiger partial charge >= 0.3 is 0 Å². The van der Waals surface area contributed by atoms with Crippen molar-refractivity contribution in [2.24, 2.45) is 0 Å². The highest BCUT2D eigenvalue weighted by molar-refractivity contribution is 7.79. The van der Waals surface area contributed by atoms with Crippen molar-refractivity contribution in [3.8, 4) is 0 Å². The molecule has 0 aliphatic rings. The van der Waals surface area contributed by atoms with E-state index in [9.17, 15) is 8.60 Å². The summed E-state index contributed by atoms with van der Waals surface area (Å²) >= 11 is -2.08. The molecule has 0 aliphatic heterocycles. The molecule has 0 radical (unpaired) electrons. The lowest BCUT2D eigenvalue weighted by Crippen LogP contribution is -2.12. The number of rotatable bonds is 4. The molecule has 0 aromatic carbocycles. The quantitative estimate of drug-likeness (QED) is 0.560. The van der Waals surface area contributed by atoms with E-state index in [1.54, 1.807) is 0 Å². The Morgan fingerprint density at radius 1 is 1.67 bits per heavy atom. The molecule has 0 aromatic heterocycles. The summed E-state index contributed by atoms with van der Waals surface area (Å²) in [6.07, 6.45) is -1.42. The minimum atomic E-state index is -2.08. The van der Waals surface area contributed by atoms with Crippen molar-refractivity contribution >= 4 is 11.1 Å². The summed E-state index contributed by atoms with van der Waals surface area (Å²) in [4.78, 5) is 0. The Bertz CT molecular complexity index is 97.8. The van der Waals surface area contributed by atoms with Crippen molar-refractivity contribution in [1.82, 2.24) is 0 Å². The van der Waals surface area contributed by atoms with Crippen molar-refractivity contribution in [3.63, 3.8) is 0 Å². The van der Waals surface area contributed by atoms with Gasteiger partial charge in [-0.25, -0.2) is 8.60 Å². The third-order valence-electron chi connectivity index (χ3n) is 0.766. The molecule has 0 saturated heterocycles. The molecular formula is C4H9FO3S. The molecule has 56 valence electrons. The first kappa shape index (κ1) is 9.00. The smallest absolute Gasteiger partial charge is 0.155 e. The Morgan fingerprint density at radius 3 is 2.56 bits per heavy atom. The highest BCUT2D eigenvalue weighted by Crippen LogP contribution is 1.97. The minimum Gasteiger partial charge on any atom is -0.396 e. The molecule has 0 heterocycles. The standard InChI is InChI=1S/C4H9FO3S/c5-4(1-2-6)3-9(7)8/h4,6H,1-3H2,(H,7,8). The number of halogens is 1. The molecule has 2 N–H and O–H groups in total. The van der Waals surface area contributed by atoms with E-state index in [4.69, 9.17) is 9.66 Å². The van der Waals surface area contributed by atoms with Crippen LogP contribution >= 0.6 is 0 Å². The molecule has 0 spiro atoms. The molecule has 0 aromatic rings. The fourth-order valence-electron chi connectivity index (χ4n) is 0.378. The largest absolute Gasteiger partial charge is 0.396 e. The zero-order valence-electron chi connectivity index (χ0n) is 4.79. The number of aliphatic hydroxyl groups is 1. The predicted molar refractivity (Wildman–Crippen MR) is 32.2 cm³/mol. The van der Waals surface area contributed by atoms with Crippen LogP contribution in [0.3, 0.4) is 0 Å². The first-order valence-electron chi connectivity index (χ1n) is 2.49. The normalized spacial score (nSPS) is 17.2. The fourth-order valence-corrected chi connectivity index (χ4v) is 0.854. The van der Waals surface area contributed by atoms with Gasteiger partial charge in [-0.1, -0.05) is 0 Å². The molecule has 2 atom stereocenters. The average Bonchev–Trinajstić information content (AvgIpc) is 1.63. The lowest BCUT2D eigenvalue weighted by molar-refractivity contribution is 0.231. The van der Waals surface area contributed by atoms with Gasteiger partial charge in [0.05, 0.1) is 5.75 Å². The Hall–Kier alpha value is -0.0000000000000000486. The van der Waals surface area contributed by atoms with Crippen LogP contribution in [0.5, 0.6) is 0 Å². The average molecular weight is 156 g/mol. The summed E-state index contributed by atoms with van der Waals surface area (Å²) in [5.41, 5.74) is 0. The van der Waals surface area contributed by atoms with Crippen molar-refractivity contribution in [1.29, 1.82) is 0 Å². The Labute approximate surface area is 55.2 Å². The lowest BCUT2D eigenvalue weighted by Gasteiger charge is -2.00. The molecule has 0 amide bonds. The van der Waals surface area contributed by atoms with Gasteiger partial charge in [0, 0.05) is 13.0 Å². The summed E-state index contributed by atoms with van der Waals surface area (Å²) in [5.74, 6) is -0.402. The maximum atomic E-state index is 12.1. The van der Waals surface area contributed by atoms with E-state index in [2.05, 4.69) is 0 Å². The van der Waals surface area contributed by atoms with E-state index in [-0.39, 0.29) is 13.0 Å². The van der Waals surface area contributed by atoms with E-state index < -0.39 is 23.0 Å². The number of hydrogen-bond acceptors (Lipinski definition) is 2. The highest BCUT2D eigenvalue weighted by Gasteiger charge is 2.07. The van der Waals surface area contributed by atoms with Crippen LogP contribution in [0, 0.1) is 0 Å². The SMILES string of the molecule is O=S(O)CC(F)CCO. The molecule has 0 rings (SSSR count). The van der Waals surface area contributed by atoms with E-state index >= 15 is 0 Å². The van der Waals surface area contributed by atoms with Crippen LogP contribution in [0.1, 0.15) is 6.42 Å². The van der Waals surface area contributed by atoms with Gasteiger partial charge < -0.3 is 9.66 Å². The second kappa shape index (κ2) is 4.84. The monoisotopic (exact) mass is 156 g/mol. The topological polar surface area (TPSA) is 57.5 Å². The van der Waals surface area contributed by atoms with Gasteiger partial charge in [-0.2, -0.15) is 0 Å². The maximum absolute atomic E-state index is 12.1. The number of aliphatic hydroxyl groups excluding tert-OH is 1. The van der Waals surface area contributed by atoms with Gasteiger partial charge in [0.2, 0.25) is 0 Å². The molecule has 9 heavy (non-hydrogen) atoms. The number of alkyl halides is 1. The molecule has 0 bridgehead atoms. The Morgan fingerprint density at radius 2 is 2.22 bits per heavy atom. The van der Waals surface area contributed by atoms with Gasteiger partial charge in [-0.3, -0.25) is 0 Å². The summed E-state index contributed by atoms with van der Waals surface area (Å²) in [6.45, 7) is -0.279. The van der Waals surface area contributed by atoms with Gasteiger partial charge in [0.25, 0.3) is 0 Å². The van der Waals surface area contributed by atoms with E-state index in [0.717, 1.165) is 0 Å². The van der Waals surface area contributed by atoms with Crippen LogP contribution < -0.4 is 0 Å². The number of hydrogen-bond donors (Lipinski definition) is 2. The van der Waals surface area contributed by atoms with Crippen molar-refractivity contribution in [2.75, 3.05) is 12.4 Å². The van der Waals surface area contributed by atoms with Gasteiger partial charge in [-0.15, -0.1) is 0 Å². The van der Waals surface area contributed by atoms with Crippen molar-refractivity contribution in [3.05, 3.63) is 0 Å². The minimum absolute atomic E-state index is 0.0632. The summed E-state index contributed by atoms with van der Waals surface area (Å²) in [7, 11) is 0. The van der Waals surface area contributed by atoms with Crippen molar-refractivity contribution < 1.29 is 18.3 Å². The van der Waals surface area contributed by atoms with Gasteiger partial charge in [0.1, 0.15) is 6.17 Å².